The van der Waals surface area contributed by atoms with Crippen LogP contribution in [0.3, 0.4) is 0 Å². The molecule has 4 heterocycles. The van der Waals surface area contributed by atoms with Crippen molar-refractivity contribution >= 4 is 38.5 Å². The van der Waals surface area contributed by atoms with Gasteiger partial charge in [-0.3, -0.25) is 28.7 Å². The highest BCUT2D eigenvalue weighted by molar-refractivity contribution is 7.92. The first kappa shape index (κ1) is 28.8. The first-order chi connectivity index (χ1) is 20.5. The van der Waals surface area contributed by atoms with E-state index in [-0.39, 0.29) is 39.0 Å². The Bertz CT molecular complexity index is 2060. The van der Waals surface area contributed by atoms with Crippen molar-refractivity contribution in [2.45, 2.75) is 50.0 Å². The third kappa shape index (κ3) is 5.47. The van der Waals surface area contributed by atoms with Crippen molar-refractivity contribution in [1.29, 1.82) is 0 Å². The van der Waals surface area contributed by atoms with Gasteiger partial charge in [0.15, 0.2) is 5.65 Å². The molecular weight excluding hydrogens is 599 g/mol. The van der Waals surface area contributed by atoms with Crippen LogP contribution in [-0.4, -0.2) is 42.7 Å². The highest BCUT2D eigenvalue weighted by atomic mass is 35.5. The summed E-state index contributed by atoms with van der Waals surface area (Å²) in [6, 6.07) is 9.42. The molecule has 0 spiro atoms. The molecule has 1 atom stereocenters. The smallest absolute Gasteiger partial charge is 0.330 e. The standard InChI is InChI=1S/C28H28ClFN8O4S/c1-15-23(24(29)37(2)35-15)43(41,42)36-18-10-11-21(31-13-18)19(12-17-8-3-4-9-20(17)30)25-32-22-26(33-25)38(14-16-6-5-7-16)28(40)34-27(22)39/h3-4,8-11,13,16,19,36H,5-7,12,14H2,1-2H3,(H,32,33)(H,34,39,40). The van der Waals surface area contributed by atoms with Crippen molar-refractivity contribution in [1.82, 2.24) is 34.3 Å². The zero-order chi connectivity index (χ0) is 30.5. The number of imidazole rings is 1. The van der Waals surface area contributed by atoms with E-state index >= 15 is 0 Å². The molecule has 1 fully saturated rings. The highest BCUT2D eigenvalue weighted by Gasteiger charge is 2.28. The van der Waals surface area contributed by atoms with Crippen LogP contribution in [0.15, 0.2) is 57.1 Å². The molecule has 1 saturated carbocycles. The fourth-order valence-electron chi connectivity index (χ4n) is 5.35. The maximum Gasteiger partial charge on any atom is 0.330 e. The molecule has 0 radical (unpaired) electrons. The number of aromatic amines is 2. The summed E-state index contributed by atoms with van der Waals surface area (Å²) in [5, 5.41) is 4.03. The highest BCUT2D eigenvalue weighted by Crippen LogP contribution is 2.31. The number of nitrogens with zero attached hydrogens (tertiary/aromatic N) is 5. The number of nitrogens with one attached hydrogen (secondary N) is 3. The van der Waals surface area contributed by atoms with E-state index in [1.54, 1.807) is 38.2 Å². The van der Waals surface area contributed by atoms with Gasteiger partial charge in [-0.2, -0.15) is 5.10 Å². The van der Waals surface area contributed by atoms with Gasteiger partial charge in [0, 0.05) is 13.6 Å². The van der Waals surface area contributed by atoms with E-state index in [0.29, 0.717) is 29.5 Å². The summed E-state index contributed by atoms with van der Waals surface area (Å²) in [6.45, 7) is 1.97. The summed E-state index contributed by atoms with van der Waals surface area (Å²) in [5.74, 6) is -0.451. The van der Waals surface area contributed by atoms with E-state index in [4.69, 9.17) is 11.6 Å². The molecule has 43 heavy (non-hydrogen) atoms. The van der Waals surface area contributed by atoms with Gasteiger partial charge in [0.2, 0.25) is 0 Å². The molecule has 0 saturated heterocycles. The molecule has 3 N–H and O–H groups in total. The number of hydrogen-bond acceptors (Lipinski definition) is 7. The molecule has 224 valence electrons. The predicted octanol–water partition coefficient (Wildman–Crippen LogP) is 3.62. The van der Waals surface area contributed by atoms with Crippen molar-refractivity contribution in [3.05, 3.63) is 97.2 Å². The fourth-order valence-corrected chi connectivity index (χ4v) is 7.14. The first-order valence-electron chi connectivity index (χ1n) is 13.7. The van der Waals surface area contributed by atoms with E-state index in [9.17, 15) is 22.4 Å². The number of hydrogen-bond donors (Lipinski definition) is 3. The number of anilines is 1. The maximum atomic E-state index is 14.8. The zero-order valence-corrected chi connectivity index (χ0v) is 24.8. The third-order valence-electron chi connectivity index (χ3n) is 7.79. The Kier molecular flexibility index (Phi) is 7.42. The van der Waals surface area contributed by atoms with Crippen LogP contribution in [0.4, 0.5) is 10.1 Å². The van der Waals surface area contributed by atoms with Gasteiger partial charge in [0.05, 0.1) is 29.2 Å². The topological polar surface area (TPSA) is 160 Å². The van der Waals surface area contributed by atoms with E-state index in [1.807, 2.05) is 0 Å². The summed E-state index contributed by atoms with van der Waals surface area (Å²) < 4.78 is 46.1. The average molecular weight is 627 g/mol. The fraction of sp³-hybridized carbons (Fsp3) is 0.321. The lowest BCUT2D eigenvalue weighted by Gasteiger charge is -2.25. The summed E-state index contributed by atoms with van der Waals surface area (Å²) in [7, 11) is -2.54. The molecular formula is C28H28ClFN8O4S. The second-order valence-electron chi connectivity index (χ2n) is 10.7. The van der Waals surface area contributed by atoms with Gasteiger partial charge in [0.1, 0.15) is 27.2 Å². The van der Waals surface area contributed by atoms with E-state index in [1.165, 1.54) is 27.6 Å². The quantitative estimate of drug-likeness (QED) is 0.225. The monoisotopic (exact) mass is 626 g/mol. The number of halogens is 2. The Balaban J connectivity index is 1.39. The molecule has 12 nitrogen and oxygen atoms in total. The summed E-state index contributed by atoms with van der Waals surface area (Å²) in [4.78, 5) is 39.9. The minimum Gasteiger partial charge on any atom is -0.336 e. The van der Waals surface area contributed by atoms with Crippen LogP contribution < -0.4 is 16.0 Å². The molecule has 0 aliphatic heterocycles. The Morgan fingerprint density at radius 1 is 1.16 bits per heavy atom. The van der Waals surface area contributed by atoms with Crippen molar-refractivity contribution < 1.29 is 12.8 Å². The van der Waals surface area contributed by atoms with Gasteiger partial charge in [0.25, 0.3) is 15.6 Å². The van der Waals surface area contributed by atoms with Crippen LogP contribution in [0.2, 0.25) is 5.15 Å². The number of rotatable bonds is 9. The van der Waals surface area contributed by atoms with Crippen LogP contribution in [-0.2, 0) is 30.0 Å². The minimum atomic E-state index is -4.08. The Labute approximate surface area is 250 Å². The third-order valence-corrected chi connectivity index (χ3v) is 9.87. The van der Waals surface area contributed by atoms with Crippen molar-refractivity contribution in [3.63, 3.8) is 0 Å². The lowest BCUT2D eigenvalue weighted by atomic mass is 9.85. The van der Waals surface area contributed by atoms with Crippen LogP contribution >= 0.6 is 11.6 Å². The molecule has 1 aromatic carbocycles. The molecule has 1 unspecified atom stereocenters. The van der Waals surface area contributed by atoms with Gasteiger partial charge in [-0.1, -0.05) is 36.2 Å². The molecule has 4 aromatic heterocycles. The Morgan fingerprint density at radius 2 is 1.93 bits per heavy atom. The van der Waals surface area contributed by atoms with E-state index < -0.39 is 33.0 Å². The van der Waals surface area contributed by atoms with Gasteiger partial charge in [-0.25, -0.2) is 22.6 Å². The maximum absolute atomic E-state index is 14.8. The number of H-pyrrole nitrogens is 2. The molecule has 0 amide bonds. The Morgan fingerprint density at radius 3 is 2.56 bits per heavy atom. The van der Waals surface area contributed by atoms with Crippen molar-refractivity contribution in [2.75, 3.05) is 4.72 Å². The summed E-state index contributed by atoms with van der Waals surface area (Å²) in [5.41, 5.74) is 0.463. The predicted molar refractivity (Wildman–Crippen MR) is 158 cm³/mol. The number of benzene rings is 1. The van der Waals surface area contributed by atoms with Gasteiger partial charge in [-0.05, 0) is 55.9 Å². The van der Waals surface area contributed by atoms with Gasteiger partial charge >= 0.3 is 5.69 Å². The number of pyridine rings is 1. The lowest BCUT2D eigenvalue weighted by Crippen LogP contribution is -2.33. The second-order valence-corrected chi connectivity index (χ2v) is 12.7. The number of aryl methyl sites for hydroxylation is 2. The van der Waals surface area contributed by atoms with Crippen molar-refractivity contribution in [3.8, 4) is 0 Å². The largest absolute Gasteiger partial charge is 0.336 e. The first-order valence-corrected chi connectivity index (χ1v) is 15.5. The number of sulfonamides is 1. The lowest BCUT2D eigenvalue weighted by molar-refractivity contribution is 0.275. The van der Waals surface area contributed by atoms with Crippen LogP contribution in [0.5, 0.6) is 0 Å². The minimum absolute atomic E-state index is 0.0322. The molecule has 5 aromatic rings. The van der Waals surface area contributed by atoms with E-state index in [0.717, 1.165) is 19.3 Å². The van der Waals surface area contributed by atoms with Gasteiger partial charge < -0.3 is 4.98 Å². The molecule has 6 rings (SSSR count). The molecule has 0 bridgehead atoms. The van der Waals surface area contributed by atoms with Crippen LogP contribution in [0.25, 0.3) is 11.2 Å². The number of aromatic nitrogens is 7. The molecule has 15 heteroatoms. The second kappa shape index (κ2) is 11.1. The Hall–Kier alpha value is -4.30. The van der Waals surface area contributed by atoms with Crippen LogP contribution in [0, 0.1) is 18.7 Å². The summed E-state index contributed by atoms with van der Waals surface area (Å²) >= 11 is 6.17. The molecule has 1 aliphatic carbocycles. The summed E-state index contributed by atoms with van der Waals surface area (Å²) in [6.07, 6.45) is 4.54. The zero-order valence-electron chi connectivity index (χ0n) is 23.3. The van der Waals surface area contributed by atoms with E-state index in [2.05, 4.69) is 29.8 Å². The normalized spacial score (nSPS) is 14.6. The average Bonchev–Trinajstić information content (AvgIpc) is 3.48. The van der Waals surface area contributed by atoms with Gasteiger partial charge in [-0.15, -0.1) is 0 Å². The van der Waals surface area contributed by atoms with Crippen molar-refractivity contribution in [2.24, 2.45) is 13.0 Å². The SMILES string of the molecule is Cc1nn(C)c(Cl)c1S(=O)(=O)Nc1ccc(C(Cc2ccccc2F)c2nc3c([nH]2)c(=O)[nH]c(=O)n3CC2CCC2)nc1. The molecule has 1 aliphatic rings. The number of fused-ring (bicyclic) bond motifs is 1. The van der Waals surface area contributed by atoms with Crippen LogP contribution in [0.1, 0.15) is 48.0 Å².